The number of imidazole rings is 1. The van der Waals surface area contributed by atoms with Crippen molar-refractivity contribution in [2.45, 2.75) is 129 Å². The number of fused-ring (bicyclic) bond motifs is 1. The van der Waals surface area contributed by atoms with Crippen molar-refractivity contribution in [3.63, 3.8) is 0 Å². The molecule has 3 aromatic rings. The van der Waals surface area contributed by atoms with Crippen molar-refractivity contribution < 1.29 is 4.79 Å². The second-order valence-electron chi connectivity index (χ2n) is 11.3. The molecule has 0 aliphatic carbocycles. The summed E-state index contributed by atoms with van der Waals surface area (Å²) in [6.07, 6.45) is 23.5. The van der Waals surface area contributed by atoms with Crippen molar-refractivity contribution in [3.8, 4) is 0 Å². The molecule has 0 saturated heterocycles. The van der Waals surface area contributed by atoms with E-state index in [0.29, 0.717) is 17.1 Å². The Kier molecular flexibility index (Phi) is 15.8. The molecule has 1 aromatic heterocycles. The monoisotopic (exact) mass is 565 g/mol. The van der Waals surface area contributed by atoms with Gasteiger partial charge in [-0.05, 0) is 43.5 Å². The van der Waals surface area contributed by atoms with Crippen LogP contribution in [0.4, 0.5) is 0 Å². The zero-order valence-electron chi connectivity index (χ0n) is 24.9. The van der Waals surface area contributed by atoms with Crippen molar-refractivity contribution in [2.24, 2.45) is 0 Å². The van der Waals surface area contributed by atoms with Gasteiger partial charge >= 0.3 is 0 Å². The van der Waals surface area contributed by atoms with Crippen molar-refractivity contribution in [2.75, 3.05) is 6.54 Å². The number of nitrogens with zero attached hydrogens (tertiary/aromatic N) is 2. The van der Waals surface area contributed by atoms with Crippen LogP contribution in [0.3, 0.4) is 0 Å². The first-order valence-corrected chi connectivity index (χ1v) is 16.6. The molecule has 1 amide bonds. The largest absolute Gasteiger partial charge is 0.352 e. The second kappa shape index (κ2) is 19.7. The fraction of sp³-hybridized carbons (Fsp3) is 0.600. The van der Waals surface area contributed by atoms with Crippen LogP contribution in [0.5, 0.6) is 0 Å². The Hall–Kier alpha value is -2.33. The van der Waals surface area contributed by atoms with Gasteiger partial charge in [0.2, 0.25) is 0 Å². The van der Waals surface area contributed by atoms with Gasteiger partial charge in [0, 0.05) is 19.5 Å². The number of aromatic nitrogens is 2. The van der Waals surface area contributed by atoms with Gasteiger partial charge in [0.05, 0.1) is 21.6 Å². The molecule has 5 heteroatoms. The summed E-state index contributed by atoms with van der Waals surface area (Å²) < 4.78 is 2.45. The number of unbranched alkanes of at least 4 members (excludes halogenated alkanes) is 15. The van der Waals surface area contributed by atoms with Crippen LogP contribution < -0.4 is 5.32 Å². The highest BCUT2D eigenvalue weighted by molar-refractivity contribution is 6.33. The summed E-state index contributed by atoms with van der Waals surface area (Å²) in [6.45, 7) is 4.01. The third-order valence-corrected chi connectivity index (χ3v) is 8.28. The van der Waals surface area contributed by atoms with E-state index in [1.807, 2.05) is 12.1 Å². The quantitative estimate of drug-likeness (QED) is 0.123. The minimum atomic E-state index is -0.0967. The number of hydrogen-bond acceptors (Lipinski definition) is 2. The Morgan fingerprint density at radius 2 is 1.30 bits per heavy atom. The average Bonchev–Trinajstić information content (AvgIpc) is 3.32. The molecule has 2 aromatic carbocycles. The van der Waals surface area contributed by atoms with Crippen LogP contribution in [0.25, 0.3) is 11.0 Å². The maximum absolute atomic E-state index is 12.3. The number of hydrogen-bond donors (Lipinski definition) is 1. The molecule has 4 nitrogen and oxygen atoms in total. The summed E-state index contributed by atoms with van der Waals surface area (Å²) in [5.74, 6) is 1.11. The molecule has 0 atom stereocenters. The fourth-order valence-corrected chi connectivity index (χ4v) is 5.78. The lowest BCUT2D eigenvalue weighted by molar-refractivity contribution is 0.0953. The minimum Gasteiger partial charge on any atom is -0.352 e. The highest BCUT2D eigenvalue weighted by Crippen LogP contribution is 2.20. The first kappa shape index (κ1) is 32.2. The average molecular weight is 566 g/mol. The van der Waals surface area contributed by atoms with Gasteiger partial charge in [-0.2, -0.15) is 0 Å². The number of benzene rings is 2. The summed E-state index contributed by atoms with van der Waals surface area (Å²) in [6, 6.07) is 15.7. The first-order valence-electron chi connectivity index (χ1n) is 16.2. The third kappa shape index (κ3) is 11.6. The molecule has 1 heterocycles. The molecule has 0 fully saturated rings. The molecule has 1 N–H and O–H groups in total. The summed E-state index contributed by atoms with van der Waals surface area (Å²) in [5.41, 5.74) is 2.91. The zero-order chi connectivity index (χ0) is 28.3. The highest BCUT2D eigenvalue weighted by Gasteiger charge is 2.11. The normalized spacial score (nSPS) is 11.3. The van der Waals surface area contributed by atoms with E-state index in [1.54, 1.807) is 12.1 Å². The second-order valence-corrected chi connectivity index (χ2v) is 11.7. The molecule has 0 aliphatic rings. The van der Waals surface area contributed by atoms with Gasteiger partial charge in [-0.1, -0.05) is 133 Å². The number of para-hydroxylation sites is 2. The van der Waals surface area contributed by atoms with Gasteiger partial charge in [0.1, 0.15) is 5.82 Å². The fourth-order valence-electron chi connectivity index (χ4n) is 5.56. The number of aryl methyl sites for hydroxylation is 2. The van der Waals surface area contributed by atoms with Gasteiger partial charge < -0.3 is 9.88 Å². The van der Waals surface area contributed by atoms with Crippen LogP contribution in [0.15, 0.2) is 48.5 Å². The van der Waals surface area contributed by atoms with E-state index < -0.39 is 0 Å². The Labute approximate surface area is 248 Å². The number of amides is 1. The lowest BCUT2D eigenvalue weighted by Gasteiger charge is -2.10. The number of rotatable bonds is 22. The number of halogens is 1. The lowest BCUT2D eigenvalue weighted by atomic mass is 10.0. The molecule has 0 bridgehead atoms. The molecule has 3 rings (SSSR count). The highest BCUT2D eigenvalue weighted by atomic mass is 35.5. The van der Waals surface area contributed by atoms with Gasteiger partial charge in [0.25, 0.3) is 5.91 Å². The van der Waals surface area contributed by atoms with E-state index in [0.717, 1.165) is 37.7 Å². The molecular formula is C35H52ClN3O. The maximum Gasteiger partial charge on any atom is 0.252 e. The van der Waals surface area contributed by atoms with Crippen LogP contribution in [0.2, 0.25) is 5.02 Å². The van der Waals surface area contributed by atoms with E-state index in [2.05, 4.69) is 41.1 Å². The van der Waals surface area contributed by atoms with Crippen molar-refractivity contribution in [1.82, 2.24) is 14.9 Å². The number of carbonyl (C=O) groups is 1. The van der Waals surface area contributed by atoms with Crippen LogP contribution in [0.1, 0.15) is 132 Å². The van der Waals surface area contributed by atoms with Gasteiger partial charge in [0.15, 0.2) is 0 Å². The van der Waals surface area contributed by atoms with Crippen LogP contribution in [0, 0.1) is 0 Å². The minimum absolute atomic E-state index is 0.0967. The summed E-state index contributed by atoms with van der Waals surface area (Å²) in [5, 5.41) is 3.49. The molecule has 0 saturated carbocycles. The summed E-state index contributed by atoms with van der Waals surface area (Å²) >= 11 is 6.13. The van der Waals surface area contributed by atoms with Crippen LogP contribution in [-0.2, 0) is 13.0 Å². The van der Waals surface area contributed by atoms with E-state index in [-0.39, 0.29) is 5.91 Å². The number of nitrogens with one attached hydrogen (secondary N) is 1. The molecule has 40 heavy (non-hydrogen) atoms. The Bertz CT molecular complexity index is 1110. The van der Waals surface area contributed by atoms with Gasteiger partial charge in [-0.3, -0.25) is 4.79 Å². The Morgan fingerprint density at radius 1 is 0.725 bits per heavy atom. The SMILES string of the molecule is CCCCCCCCCCCCCCCCn1c(CCCCCNC(=O)c2ccccc2Cl)nc2ccccc21. The predicted octanol–water partition coefficient (Wildman–Crippen LogP) is 10.3. The Morgan fingerprint density at radius 3 is 1.98 bits per heavy atom. The standard InChI is InChI=1S/C35H52ClN3O/c1-2-3-4-5-6-7-8-9-10-11-12-13-14-22-29-39-33-26-20-19-25-32(33)38-34(39)27-16-15-21-28-37-35(40)30-23-17-18-24-31(30)36/h17-20,23-26H,2-16,21-22,27-29H2,1H3,(H,37,40). The number of carbonyl (C=O) groups excluding carboxylic acids is 1. The van der Waals surface area contributed by atoms with Crippen molar-refractivity contribution in [3.05, 3.63) is 64.9 Å². The van der Waals surface area contributed by atoms with Gasteiger partial charge in [-0.25, -0.2) is 4.98 Å². The van der Waals surface area contributed by atoms with Crippen molar-refractivity contribution >= 4 is 28.5 Å². The van der Waals surface area contributed by atoms with E-state index in [1.165, 1.54) is 101 Å². The van der Waals surface area contributed by atoms with E-state index in [4.69, 9.17) is 16.6 Å². The van der Waals surface area contributed by atoms with E-state index >= 15 is 0 Å². The lowest BCUT2D eigenvalue weighted by Crippen LogP contribution is -2.24. The smallest absolute Gasteiger partial charge is 0.252 e. The van der Waals surface area contributed by atoms with Crippen LogP contribution >= 0.6 is 11.6 Å². The summed E-state index contributed by atoms with van der Waals surface area (Å²) in [7, 11) is 0. The third-order valence-electron chi connectivity index (χ3n) is 7.95. The molecule has 0 unspecified atom stereocenters. The topological polar surface area (TPSA) is 46.9 Å². The molecule has 0 spiro atoms. The molecule has 220 valence electrons. The molecule has 0 radical (unpaired) electrons. The van der Waals surface area contributed by atoms with Crippen LogP contribution in [-0.4, -0.2) is 22.0 Å². The molecule has 0 aliphatic heterocycles. The molecular weight excluding hydrogens is 514 g/mol. The Balaban J connectivity index is 1.28. The zero-order valence-corrected chi connectivity index (χ0v) is 25.7. The van der Waals surface area contributed by atoms with Crippen molar-refractivity contribution in [1.29, 1.82) is 0 Å². The predicted molar refractivity (Wildman–Crippen MR) is 171 cm³/mol. The maximum atomic E-state index is 12.3. The van der Waals surface area contributed by atoms with E-state index in [9.17, 15) is 4.79 Å². The van der Waals surface area contributed by atoms with Gasteiger partial charge in [-0.15, -0.1) is 0 Å². The first-order chi connectivity index (χ1) is 19.7. The summed E-state index contributed by atoms with van der Waals surface area (Å²) in [4.78, 5) is 17.3.